The summed E-state index contributed by atoms with van der Waals surface area (Å²) in [6, 6.07) is 3.46. The SMILES string of the molecule is CCCCN(C1CC1)S(=O)(=O)c1ccc(CN)cn1. The Hall–Kier alpha value is -0.980. The third-order valence-electron chi connectivity index (χ3n) is 3.29. The van der Waals surface area contributed by atoms with Crippen molar-refractivity contribution in [1.82, 2.24) is 9.29 Å². The molecule has 0 radical (unpaired) electrons. The van der Waals surface area contributed by atoms with Crippen LogP contribution in [-0.4, -0.2) is 30.3 Å². The molecule has 2 rings (SSSR count). The normalized spacial score (nSPS) is 15.9. The van der Waals surface area contributed by atoms with Gasteiger partial charge in [-0.1, -0.05) is 19.4 Å². The van der Waals surface area contributed by atoms with Gasteiger partial charge in [0.2, 0.25) is 0 Å². The molecule has 1 aliphatic rings. The molecule has 2 N–H and O–H groups in total. The molecule has 0 unspecified atom stereocenters. The van der Waals surface area contributed by atoms with Gasteiger partial charge in [0, 0.05) is 25.3 Å². The van der Waals surface area contributed by atoms with E-state index >= 15 is 0 Å². The molecule has 0 aromatic carbocycles. The largest absolute Gasteiger partial charge is 0.326 e. The van der Waals surface area contributed by atoms with Crippen molar-refractivity contribution in [2.24, 2.45) is 5.73 Å². The van der Waals surface area contributed by atoms with Gasteiger partial charge in [-0.3, -0.25) is 0 Å². The maximum atomic E-state index is 12.6. The summed E-state index contributed by atoms with van der Waals surface area (Å²) in [6.07, 6.45) is 5.33. The van der Waals surface area contributed by atoms with Crippen LogP contribution in [-0.2, 0) is 16.6 Å². The van der Waals surface area contributed by atoms with Crippen molar-refractivity contribution in [1.29, 1.82) is 0 Å². The Morgan fingerprint density at radius 1 is 1.42 bits per heavy atom. The zero-order valence-electron chi connectivity index (χ0n) is 11.2. The Labute approximate surface area is 114 Å². The third-order valence-corrected chi connectivity index (χ3v) is 5.16. The van der Waals surface area contributed by atoms with Gasteiger partial charge < -0.3 is 5.73 Å². The minimum Gasteiger partial charge on any atom is -0.326 e. The Morgan fingerprint density at radius 2 is 2.16 bits per heavy atom. The van der Waals surface area contributed by atoms with Crippen LogP contribution in [0.15, 0.2) is 23.4 Å². The van der Waals surface area contributed by atoms with E-state index in [4.69, 9.17) is 5.73 Å². The minimum atomic E-state index is -3.45. The van der Waals surface area contributed by atoms with Gasteiger partial charge in [-0.2, -0.15) is 4.31 Å². The lowest BCUT2D eigenvalue weighted by atomic mass is 10.3. The topological polar surface area (TPSA) is 76.3 Å². The van der Waals surface area contributed by atoms with Crippen LogP contribution >= 0.6 is 0 Å². The Bertz CT molecular complexity index is 509. The molecule has 0 amide bonds. The summed E-state index contributed by atoms with van der Waals surface area (Å²) in [4.78, 5) is 4.05. The van der Waals surface area contributed by atoms with Gasteiger partial charge in [0.25, 0.3) is 10.0 Å². The molecule has 1 heterocycles. The molecule has 0 spiro atoms. The van der Waals surface area contributed by atoms with E-state index in [2.05, 4.69) is 11.9 Å². The van der Waals surface area contributed by atoms with Gasteiger partial charge in [-0.25, -0.2) is 13.4 Å². The lowest BCUT2D eigenvalue weighted by Gasteiger charge is -2.21. The number of sulfonamides is 1. The number of nitrogens with two attached hydrogens (primary N) is 1. The standard InChI is InChI=1S/C13H21N3O2S/c1-2-3-8-16(12-5-6-12)19(17,18)13-7-4-11(9-14)10-15-13/h4,7,10,12H,2-3,5-6,8-9,14H2,1H3. The number of aromatic nitrogens is 1. The third kappa shape index (κ3) is 3.32. The van der Waals surface area contributed by atoms with Crippen LogP contribution in [0.4, 0.5) is 0 Å². The Morgan fingerprint density at radius 3 is 2.63 bits per heavy atom. The van der Waals surface area contributed by atoms with E-state index in [9.17, 15) is 8.42 Å². The summed E-state index contributed by atoms with van der Waals surface area (Å²) in [7, 11) is -3.45. The summed E-state index contributed by atoms with van der Waals surface area (Å²) in [6.45, 7) is 3.02. The van der Waals surface area contributed by atoms with Crippen LogP contribution in [0.1, 0.15) is 38.2 Å². The minimum absolute atomic E-state index is 0.132. The molecule has 1 aliphatic carbocycles. The first-order valence-corrected chi connectivity index (χ1v) is 8.20. The second-order valence-corrected chi connectivity index (χ2v) is 6.75. The molecular weight excluding hydrogens is 262 g/mol. The van der Waals surface area contributed by atoms with Gasteiger partial charge in [-0.15, -0.1) is 0 Å². The fraction of sp³-hybridized carbons (Fsp3) is 0.615. The van der Waals surface area contributed by atoms with Crippen molar-refractivity contribution in [3.8, 4) is 0 Å². The van der Waals surface area contributed by atoms with Crippen LogP contribution in [0, 0.1) is 0 Å². The summed E-state index contributed by atoms with van der Waals surface area (Å²) >= 11 is 0. The number of pyridine rings is 1. The lowest BCUT2D eigenvalue weighted by molar-refractivity contribution is 0.394. The molecule has 19 heavy (non-hydrogen) atoms. The highest BCUT2D eigenvalue weighted by atomic mass is 32.2. The Balaban J connectivity index is 2.22. The zero-order chi connectivity index (χ0) is 13.9. The molecule has 0 saturated heterocycles. The van der Waals surface area contributed by atoms with Gasteiger partial charge in [0.1, 0.15) is 0 Å². The van der Waals surface area contributed by atoms with Crippen molar-refractivity contribution in [3.05, 3.63) is 23.9 Å². The predicted octanol–water partition coefficient (Wildman–Crippen LogP) is 1.49. The van der Waals surface area contributed by atoms with Crippen LogP contribution in [0.3, 0.4) is 0 Å². The molecule has 0 aliphatic heterocycles. The molecule has 6 heteroatoms. The van der Waals surface area contributed by atoms with E-state index in [1.54, 1.807) is 16.4 Å². The van der Waals surface area contributed by atoms with Gasteiger partial charge in [-0.05, 0) is 30.9 Å². The van der Waals surface area contributed by atoms with Gasteiger partial charge in [0.05, 0.1) is 0 Å². The zero-order valence-corrected chi connectivity index (χ0v) is 12.1. The highest BCUT2D eigenvalue weighted by Crippen LogP contribution is 2.31. The van der Waals surface area contributed by atoms with E-state index < -0.39 is 10.0 Å². The number of nitrogens with zero attached hydrogens (tertiary/aromatic N) is 2. The van der Waals surface area contributed by atoms with Crippen LogP contribution in [0.2, 0.25) is 0 Å². The number of rotatable bonds is 7. The van der Waals surface area contributed by atoms with Crippen molar-refractivity contribution >= 4 is 10.0 Å². The molecule has 106 valence electrons. The summed E-state index contributed by atoms with van der Waals surface area (Å²) < 4.78 is 26.7. The highest BCUT2D eigenvalue weighted by molar-refractivity contribution is 7.89. The fourth-order valence-corrected chi connectivity index (χ4v) is 3.62. The molecule has 1 saturated carbocycles. The maximum absolute atomic E-state index is 12.6. The maximum Gasteiger partial charge on any atom is 0.260 e. The smallest absolute Gasteiger partial charge is 0.260 e. The van der Waals surface area contributed by atoms with Gasteiger partial charge in [0.15, 0.2) is 5.03 Å². The van der Waals surface area contributed by atoms with Crippen LogP contribution in [0.25, 0.3) is 0 Å². The predicted molar refractivity (Wildman–Crippen MR) is 74.0 cm³/mol. The number of hydrogen-bond acceptors (Lipinski definition) is 4. The average molecular weight is 283 g/mol. The molecule has 0 bridgehead atoms. The quantitative estimate of drug-likeness (QED) is 0.822. The second kappa shape index (κ2) is 5.98. The van der Waals surface area contributed by atoms with Gasteiger partial charge >= 0.3 is 0 Å². The van der Waals surface area contributed by atoms with Crippen LogP contribution in [0.5, 0.6) is 0 Å². The molecule has 5 nitrogen and oxygen atoms in total. The van der Waals surface area contributed by atoms with Crippen molar-refractivity contribution < 1.29 is 8.42 Å². The van der Waals surface area contributed by atoms with E-state index in [1.165, 1.54) is 6.20 Å². The molecule has 0 atom stereocenters. The van der Waals surface area contributed by atoms with E-state index in [1.807, 2.05) is 0 Å². The molecule has 1 fully saturated rings. The summed E-state index contributed by atoms with van der Waals surface area (Å²) in [5, 5.41) is 0.132. The molecule has 1 aromatic rings. The number of hydrogen-bond donors (Lipinski definition) is 1. The first-order valence-electron chi connectivity index (χ1n) is 6.76. The highest BCUT2D eigenvalue weighted by Gasteiger charge is 2.38. The molecule has 1 aromatic heterocycles. The Kier molecular flexibility index (Phi) is 4.54. The van der Waals surface area contributed by atoms with Crippen molar-refractivity contribution in [2.45, 2.75) is 50.2 Å². The summed E-state index contributed by atoms with van der Waals surface area (Å²) in [5.41, 5.74) is 6.33. The van der Waals surface area contributed by atoms with Crippen LogP contribution < -0.4 is 5.73 Å². The first-order chi connectivity index (χ1) is 9.09. The average Bonchev–Trinajstić information content (AvgIpc) is 3.23. The second-order valence-electron chi connectivity index (χ2n) is 4.91. The van der Waals surface area contributed by atoms with Crippen molar-refractivity contribution in [3.63, 3.8) is 0 Å². The lowest BCUT2D eigenvalue weighted by Crippen LogP contribution is -2.34. The monoisotopic (exact) mass is 283 g/mol. The van der Waals surface area contributed by atoms with E-state index in [-0.39, 0.29) is 11.1 Å². The van der Waals surface area contributed by atoms with E-state index in [0.29, 0.717) is 13.1 Å². The summed E-state index contributed by atoms with van der Waals surface area (Å²) in [5.74, 6) is 0. The molecular formula is C13H21N3O2S. The first kappa shape index (κ1) is 14.4. The number of unbranched alkanes of at least 4 members (excludes halogenated alkanes) is 1. The fourth-order valence-electron chi connectivity index (χ4n) is 1.98. The van der Waals surface area contributed by atoms with Crippen molar-refractivity contribution in [2.75, 3.05) is 6.54 Å². The van der Waals surface area contributed by atoms with E-state index in [0.717, 1.165) is 31.2 Å².